The van der Waals surface area contributed by atoms with Crippen molar-refractivity contribution in [3.63, 3.8) is 0 Å². The third-order valence-corrected chi connectivity index (χ3v) is 5.78. The molecule has 2 aromatic heterocycles. The van der Waals surface area contributed by atoms with Gasteiger partial charge in [-0.2, -0.15) is 5.10 Å². The van der Waals surface area contributed by atoms with Crippen molar-refractivity contribution in [3.8, 4) is 5.69 Å². The van der Waals surface area contributed by atoms with E-state index in [-0.39, 0.29) is 0 Å². The van der Waals surface area contributed by atoms with Crippen LogP contribution in [0.15, 0.2) is 43.0 Å². The quantitative estimate of drug-likeness (QED) is 0.698. The van der Waals surface area contributed by atoms with Crippen LogP contribution in [-0.4, -0.2) is 55.5 Å². The van der Waals surface area contributed by atoms with Gasteiger partial charge in [0.05, 0.1) is 12.9 Å². The first kappa shape index (κ1) is 17.6. The highest BCUT2D eigenvalue weighted by atomic mass is 16.5. The van der Waals surface area contributed by atoms with Crippen LogP contribution in [0.4, 0.5) is 0 Å². The summed E-state index contributed by atoms with van der Waals surface area (Å²) in [4.78, 5) is 11.5. The van der Waals surface area contributed by atoms with E-state index >= 15 is 0 Å². The van der Waals surface area contributed by atoms with Gasteiger partial charge in [-0.1, -0.05) is 12.1 Å². The van der Waals surface area contributed by atoms with E-state index in [1.54, 1.807) is 6.20 Å². The Hall–Kier alpha value is -2.51. The maximum Gasteiger partial charge on any atom is 0.154 e. The first-order chi connectivity index (χ1) is 13.8. The van der Waals surface area contributed by atoms with Crippen molar-refractivity contribution in [2.24, 2.45) is 0 Å². The van der Waals surface area contributed by atoms with Gasteiger partial charge >= 0.3 is 0 Å². The fourth-order valence-corrected chi connectivity index (χ4v) is 4.09. The first-order valence-electron chi connectivity index (χ1n) is 10.2. The minimum Gasteiger partial charge on any atom is -0.381 e. The summed E-state index contributed by atoms with van der Waals surface area (Å²) in [5.74, 6) is 2.64. The predicted molar refractivity (Wildman–Crippen MR) is 105 cm³/mol. The Balaban J connectivity index is 1.21. The summed E-state index contributed by atoms with van der Waals surface area (Å²) >= 11 is 0. The molecule has 4 heterocycles. The summed E-state index contributed by atoms with van der Waals surface area (Å²) in [6, 6.07) is 8.73. The van der Waals surface area contributed by atoms with Crippen LogP contribution in [-0.2, 0) is 24.2 Å². The number of hydrogen-bond acceptors (Lipinski definition) is 5. The fraction of sp³-hybridized carbons (Fsp3) is 0.476. The molecule has 146 valence electrons. The highest BCUT2D eigenvalue weighted by Gasteiger charge is 2.23. The summed E-state index contributed by atoms with van der Waals surface area (Å²) < 4.78 is 9.62. The maximum absolute atomic E-state index is 5.47. The summed E-state index contributed by atoms with van der Waals surface area (Å²) in [5.41, 5.74) is 2.47. The smallest absolute Gasteiger partial charge is 0.154 e. The van der Waals surface area contributed by atoms with Gasteiger partial charge in [0.2, 0.25) is 0 Å². The lowest BCUT2D eigenvalue weighted by atomic mass is 10.00. The van der Waals surface area contributed by atoms with Crippen LogP contribution in [0.2, 0.25) is 0 Å². The Labute approximate surface area is 165 Å². The average molecular weight is 378 g/mol. The van der Waals surface area contributed by atoms with Gasteiger partial charge < -0.3 is 9.30 Å². The van der Waals surface area contributed by atoms with Crippen molar-refractivity contribution in [1.29, 1.82) is 0 Å². The molecule has 0 N–H and O–H groups in total. The number of fused-ring (bicyclic) bond motifs is 1. The topological polar surface area (TPSA) is 61.0 Å². The van der Waals surface area contributed by atoms with Crippen molar-refractivity contribution in [2.45, 2.75) is 38.3 Å². The molecule has 2 aliphatic rings. The second-order valence-corrected chi connectivity index (χ2v) is 7.66. The molecular formula is C21H26N6O. The van der Waals surface area contributed by atoms with Crippen LogP contribution >= 0.6 is 0 Å². The van der Waals surface area contributed by atoms with Gasteiger partial charge in [0.15, 0.2) is 5.82 Å². The molecule has 0 bridgehead atoms. The van der Waals surface area contributed by atoms with Gasteiger partial charge in [-0.15, -0.1) is 0 Å². The minimum absolute atomic E-state index is 0.471. The monoisotopic (exact) mass is 378 g/mol. The van der Waals surface area contributed by atoms with Crippen LogP contribution in [0.5, 0.6) is 0 Å². The predicted octanol–water partition coefficient (Wildman–Crippen LogP) is 2.42. The molecule has 0 unspecified atom stereocenters. The molecule has 0 spiro atoms. The van der Waals surface area contributed by atoms with E-state index in [1.807, 2.05) is 17.1 Å². The number of aromatic nitrogens is 5. The maximum atomic E-state index is 5.47. The van der Waals surface area contributed by atoms with Crippen molar-refractivity contribution in [1.82, 2.24) is 29.2 Å². The van der Waals surface area contributed by atoms with Crippen molar-refractivity contribution in [2.75, 3.05) is 26.3 Å². The second kappa shape index (κ2) is 7.85. The number of nitrogens with zero attached hydrogens (tertiary/aromatic N) is 6. The van der Waals surface area contributed by atoms with Crippen molar-refractivity contribution in [3.05, 3.63) is 60.2 Å². The summed E-state index contributed by atoms with van der Waals surface area (Å²) in [6.07, 6.45) is 8.65. The number of imidazole rings is 1. The lowest BCUT2D eigenvalue weighted by Crippen LogP contribution is -2.26. The van der Waals surface area contributed by atoms with E-state index in [1.165, 1.54) is 5.56 Å². The van der Waals surface area contributed by atoms with Crippen LogP contribution in [0.25, 0.3) is 5.69 Å². The molecule has 7 heteroatoms. The molecule has 7 nitrogen and oxygen atoms in total. The number of ether oxygens (including phenoxy) is 1. The van der Waals surface area contributed by atoms with Crippen LogP contribution in [0, 0.1) is 0 Å². The van der Waals surface area contributed by atoms with Gasteiger partial charge in [-0.25, -0.2) is 14.6 Å². The Bertz CT molecular complexity index is 870. The van der Waals surface area contributed by atoms with Gasteiger partial charge in [-0.3, -0.25) is 4.90 Å². The van der Waals surface area contributed by atoms with Gasteiger partial charge in [0.25, 0.3) is 0 Å². The lowest BCUT2D eigenvalue weighted by Gasteiger charge is -2.20. The molecule has 1 saturated heterocycles. The molecule has 0 aliphatic carbocycles. The lowest BCUT2D eigenvalue weighted by molar-refractivity contribution is 0.0835. The molecule has 3 aromatic rings. The van der Waals surface area contributed by atoms with Crippen molar-refractivity contribution >= 4 is 0 Å². The molecule has 1 aromatic carbocycles. The van der Waals surface area contributed by atoms with E-state index in [4.69, 9.17) is 14.8 Å². The van der Waals surface area contributed by atoms with Crippen LogP contribution < -0.4 is 0 Å². The molecule has 5 rings (SSSR count). The van der Waals surface area contributed by atoms with E-state index < -0.39 is 0 Å². The molecule has 0 amide bonds. The van der Waals surface area contributed by atoms with E-state index in [9.17, 15) is 0 Å². The zero-order chi connectivity index (χ0) is 18.8. The summed E-state index contributed by atoms with van der Waals surface area (Å²) in [5, 5.41) is 4.83. The van der Waals surface area contributed by atoms with Gasteiger partial charge in [-0.05, 0) is 30.5 Å². The van der Waals surface area contributed by atoms with E-state index in [0.717, 1.165) is 76.0 Å². The molecular weight excluding hydrogens is 352 g/mol. The number of rotatable bonds is 4. The normalized spacial score (nSPS) is 18.7. The minimum atomic E-state index is 0.471. The Kier molecular flexibility index (Phi) is 4.93. The number of hydrogen-bond donors (Lipinski definition) is 0. The third-order valence-electron chi connectivity index (χ3n) is 5.78. The molecule has 1 fully saturated rings. The average Bonchev–Trinajstić information content (AvgIpc) is 3.38. The van der Waals surface area contributed by atoms with Gasteiger partial charge in [0, 0.05) is 63.3 Å². The molecule has 0 radical (unpaired) electrons. The molecule has 2 aliphatic heterocycles. The fourth-order valence-electron chi connectivity index (χ4n) is 4.09. The summed E-state index contributed by atoms with van der Waals surface area (Å²) in [6.45, 7) is 5.58. The zero-order valence-corrected chi connectivity index (χ0v) is 16.1. The Morgan fingerprint density at radius 3 is 2.68 bits per heavy atom. The third kappa shape index (κ3) is 3.72. The van der Waals surface area contributed by atoms with E-state index in [0.29, 0.717) is 5.92 Å². The molecule has 0 atom stereocenters. The Morgan fingerprint density at radius 1 is 1.04 bits per heavy atom. The Morgan fingerprint density at radius 2 is 1.89 bits per heavy atom. The van der Waals surface area contributed by atoms with Crippen molar-refractivity contribution < 1.29 is 4.74 Å². The summed E-state index contributed by atoms with van der Waals surface area (Å²) in [7, 11) is 0. The zero-order valence-electron chi connectivity index (χ0n) is 16.1. The molecule has 28 heavy (non-hydrogen) atoms. The SMILES string of the molecule is c1cn(-c2ccc(CN3CCc4nc(C5CCOCC5)nn4CC3)cc2)cn1. The standard InChI is InChI=1S/C21H26N6O/c1-3-19(26-10-8-22-16-26)4-2-17(1)15-25-9-5-20-23-21(24-27(20)12-11-25)18-6-13-28-14-7-18/h1-4,8,10,16,18H,5-7,9,11-15H2. The second-order valence-electron chi connectivity index (χ2n) is 7.66. The highest BCUT2D eigenvalue weighted by molar-refractivity contribution is 5.34. The molecule has 0 saturated carbocycles. The largest absolute Gasteiger partial charge is 0.381 e. The van der Waals surface area contributed by atoms with Crippen LogP contribution in [0.3, 0.4) is 0 Å². The first-order valence-corrected chi connectivity index (χ1v) is 10.2. The number of benzene rings is 1. The van der Waals surface area contributed by atoms with Gasteiger partial charge in [0.1, 0.15) is 5.82 Å². The van der Waals surface area contributed by atoms with E-state index in [2.05, 4.69) is 38.8 Å². The van der Waals surface area contributed by atoms with Crippen LogP contribution in [0.1, 0.15) is 36.0 Å². The highest BCUT2D eigenvalue weighted by Crippen LogP contribution is 2.25.